The van der Waals surface area contributed by atoms with Gasteiger partial charge in [0.1, 0.15) is 10.9 Å². The summed E-state index contributed by atoms with van der Waals surface area (Å²) in [6.45, 7) is 3.89. The molecular weight excluding hydrogens is 288 g/mol. The first-order chi connectivity index (χ1) is 9.89. The summed E-state index contributed by atoms with van der Waals surface area (Å²) in [4.78, 5) is 0.536. The van der Waals surface area contributed by atoms with Crippen LogP contribution >= 0.6 is 11.3 Å². The van der Waals surface area contributed by atoms with E-state index < -0.39 is 11.2 Å². The number of aromatic nitrogens is 1. The van der Waals surface area contributed by atoms with E-state index in [9.17, 15) is 10.2 Å². The van der Waals surface area contributed by atoms with Crippen LogP contribution in [0.1, 0.15) is 42.7 Å². The van der Waals surface area contributed by atoms with Gasteiger partial charge in [-0.1, -0.05) is 0 Å². The third-order valence-corrected chi connectivity index (χ3v) is 5.48. The molecular formula is C15H14N2O3S. The van der Waals surface area contributed by atoms with Crippen LogP contribution in [0.25, 0.3) is 5.69 Å². The number of hydrogen-bond donors (Lipinski definition) is 2. The Kier molecular flexibility index (Phi) is 2.19. The fourth-order valence-electron chi connectivity index (χ4n) is 3.72. The van der Waals surface area contributed by atoms with Crippen LogP contribution in [0.5, 0.6) is 11.8 Å². The second-order valence-corrected chi connectivity index (χ2v) is 6.99. The molecule has 4 rings (SSSR count). The number of ether oxygens (including phenoxy) is 1. The Morgan fingerprint density at radius 1 is 1.24 bits per heavy atom. The molecule has 0 aliphatic carbocycles. The summed E-state index contributed by atoms with van der Waals surface area (Å²) in [6, 6.07) is 3.73. The molecule has 2 aromatic heterocycles. The van der Waals surface area contributed by atoms with Crippen LogP contribution in [0.2, 0.25) is 0 Å². The minimum atomic E-state index is -0.551. The summed E-state index contributed by atoms with van der Waals surface area (Å²) in [5, 5.41) is 31.9. The Balaban J connectivity index is 2.00. The molecule has 108 valence electrons. The highest BCUT2D eigenvalue weighted by Gasteiger charge is 2.59. The van der Waals surface area contributed by atoms with Gasteiger partial charge < -0.3 is 14.9 Å². The fraction of sp³-hybridized carbons (Fsp3) is 0.400. The molecule has 2 aliphatic rings. The Bertz CT molecular complexity index is 776. The van der Waals surface area contributed by atoms with Gasteiger partial charge in [0.15, 0.2) is 0 Å². The standard InChI is InChI=1S/C15H14N2O3S/c1-14-3-4-15(2,20-14)11-10(14)12(18)17(13(11)19)8-5-9(6-16)21-7-8/h5,7,18-19H,3-4H2,1-2H3/t14-,15+. The number of aromatic hydroxyl groups is 2. The van der Waals surface area contributed by atoms with Crippen molar-refractivity contribution in [3.05, 3.63) is 27.5 Å². The van der Waals surface area contributed by atoms with Crippen molar-refractivity contribution in [2.24, 2.45) is 0 Å². The molecule has 0 unspecified atom stereocenters. The van der Waals surface area contributed by atoms with E-state index in [1.165, 1.54) is 15.9 Å². The van der Waals surface area contributed by atoms with Crippen LogP contribution in [0.4, 0.5) is 0 Å². The molecule has 5 nitrogen and oxygen atoms in total. The molecule has 2 N–H and O–H groups in total. The highest BCUT2D eigenvalue weighted by atomic mass is 32.1. The molecule has 0 amide bonds. The van der Waals surface area contributed by atoms with Crippen LogP contribution in [0, 0.1) is 11.3 Å². The number of nitriles is 1. The lowest BCUT2D eigenvalue weighted by Gasteiger charge is -2.20. The van der Waals surface area contributed by atoms with Crippen LogP contribution in [0.3, 0.4) is 0 Å². The highest BCUT2D eigenvalue weighted by molar-refractivity contribution is 7.10. The van der Waals surface area contributed by atoms with Gasteiger partial charge in [-0.05, 0) is 32.8 Å². The van der Waals surface area contributed by atoms with Crippen LogP contribution in [-0.2, 0) is 15.9 Å². The smallest absolute Gasteiger partial charge is 0.205 e. The average molecular weight is 302 g/mol. The van der Waals surface area contributed by atoms with Crippen molar-refractivity contribution in [2.45, 2.75) is 37.9 Å². The molecule has 2 aliphatic heterocycles. The molecule has 0 spiro atoms. The molecule has 0 saturated carbocycles. The Morgan fingerprint density at radius 2 is 1.81 bits per heavy atom. The lowest BCUT2D eigenvalue weighted by molar-refractivity contribution is -0.0683. The molecule has 2 atom stereocenters. The zero-order valence-electron chi connectivity index (χ0n) is 11.7. The van der Waals surface area contributed by atoms with E-state index in [0.717, 1.165) is 12.8 Å². The summed E-state index contributed by atoms with van der Waals surface area (Å²) in [5.74, 6) is 0.0198. The molecule has 4 heterocycles. The second kappa shape index (κ2) is 3.62. The molecule has 1 saturated heterocycles. The lowest BCUT2D eigenvalue weighted by Crippen LogP contribution is -2.17. The van der Waals surface area contributed by atoms with Gasteiger partial charge >= 0.3 is 0 Å². The molecule has 0 radical (unpaired) electrons. The number of nitrogens with zero attached hydrogens (tertiary/aromatic N) is 2. The van der Waals surface area contributed by atoms with Crippen molar-refractivity contribution < 1.29 is 14.9 Å². The maximum atomic E-state index is 10.6. The Labute approximate surface area is 125 Å². The van der Waals surface area contributed by atoms with Gasteiger partial charge in [0.25, 0.3) is 0 Å². The highest BCUT2D eigenvalue weighted by Crippen LogP contribution is 2.64. The van der Waals surface area contributed by atoms with Crippen molar-refractivity contribution in [3.63, 3.8) is 0 Å². The predicted octanol–water partition coefficient (Wildman–Crippen LogP) is 3.08. The van der Waals surface area contributed by atoms with Crippen molar-refractivity contribution in [3.8, 4) is 23.5 Å². The predicted molar refractivity (Wildman–Crippen MR) is 76.7 cm³/mol. The Hall–Kier alpha value is -1.97. The summed E-state index contributed by atoms with van der Waals surface area (Å²) in [7, 11) is 0. The largest absolute Gasteiger partial charge is 0.494 e. The zero-order valence-corrected chi connectivity index (χ0v) is 12.5. The maximum absolute atomic E-state index is 10.6. The fourth-order valence-corrected chi connectivity index (χ4v) is 4.39. The van der Waals surface area contributed by atoms with Crippen molar-refractivity contribution >= 4 is 11.3 Å². The van der Waals surface area contributed by atoms with Gasteiger partial charge in [-0.2, -0.15) is 5.26 Å². The topological polar surface area (TPSA) is 78.4 Å². The second-order valence-electron chi connectivity index (χ2n) is 6.08. The SMILES string of the molecule is C[C@]12CC[C@](C)(O1)c1c2c(O)n(-c2csc(C#N)c2)c1O. The number of rotatable bonds is 1. The zero-order chi connectivity index (χ0) is 15.0. The number of fused-ring (bicyclic) bond motifs is 5. The first-order valence-electron chi connectivity index (χ1n) is 6.76. The van der Waals surface area contributed by atoms with E-state index in [1.54, 1.807) is 11.4 Å². The third kappa shape index (κ3) is 1.38. The first kappa shape index (κ1) is 12.7. The lowest BCUT2D eigenvalue weighted by atomic mass is 9.80. The molecule has 6 heteroatoms. The van der Waals surface area contributed by atoms with Gasteiger partial charge in [0.2, 0.25) is 11.8 Å². The van der Waals surface area contributed by atoms with E-state index in [1.807, 2.05) is 13.8 Å². The normalized spacial score (nSPS) is 29.6. The average Bonchev–Trinajstić information content (AvgIpc) is 3.11. The number of hydrogen-bond acceptors (Lipinski definition) is 5. The molecule has 2 aromatic rings. The minimum absolute atomic E-state index is 0.00992. The summed E-state index contributed by atoms with van der Waals surface area (Å²) < 4.78 is 7.46. The summed E-state index contributed by atoms with van der Waals surface area (Å²) in [6.07, 6.45) is 1.64. The van der Waals surface area contributed by atoms with E-state index in [0.29, 0.717) is 21.7 Å². The monoisotopic (exact) mass is 302 g/mol. The van der Waals surface area contributed by atoms with E-state index >= 15 is 0 Å². The number of thiophene rings is 1. The third-order valence-electron chi connectivity index (χ3n) is 4.66. The van der Waals surface area contributed by atoms with Gasteiger partial charge in [0.05, 0.1) is 28.0 Å². The van der Waals surface area contributed by atoms with Crippen molar-refractivity contribution in [2.75, 3.05) is 0 Å². The maximum Gasteiger partial charge on any atom is 0.205 e. The minimum Gasteiger partial charge on any atom is -0.494 e. The van der Waals surface area contributed by atoms with Crippen LogP contribution in [-0.4, -0.2) is 14.8 Å². The Morgan fingerprint density at radius 3 is 2.29 bits per heavy atom. The van der Waals surface area contributed by atoms with E-state index in [-0.39, 0.29) is 11.8 Å². The summed E-state index contributed by atoms with van der Waals surface area (Å²) in [5.41, 5.74) is 0.861. The van der Waals surface area contributed by atoms with E-state index in [2.05, 4.69) is 6.07 Å². The first-order valence-corrected chi connectivity index (χ1v) is 7.64. The molecule has 2 bridgehead atoms. The van der Waals surface area contributed by atoms with Gasteiger partial charge in [-0.3, -0.25) is 4.57 Å². The quantitative estimate of drug-likeness (QED) is 0.848. The molecule has 1 fully saturated rings. The molecule has 0 aromatic carbocycles. The van der Waals surface area contributed by atoms with Crippen molar-refractivity contribution in [1.29, 1.82) is 5.26 Å². The van der Waals surface area contributed by atoms with Gasteiger partial charge in [0, 0.05) is 5.38 Å². The van der Waals surface area contributed by atoms with Crippen LogP contribution < -0.4 is 0 Å². The van der Waals surface area contributed by atoms with Gasteiger partial charge in [-0.25, -0.2) is 0 Å². The van der Waals surface area contributed by atoms with Crippen molar-refractivity contribution in [1.82, 2.24) is 4.57 Å². The van der Waals surface area contributed by atoms with Gasteiger partial charge in [-0.15, -0.1) is 11.3 Å². The van der Waals surface area contributed by atoms with Crippen LogP contribution in [0.15, 0.2) is 11.4 Å². The summed E-state index contributed by atoms with van der Waals surface area (Å²) >= 11 is 1.28. The van der Waals surface area contributed by atoms with E-state index in [4.69, 9.17) is 10.00 Å². The molecule has 21 heavy (non-hydrogen) atoms.